The standard InChI is InChI=1S/C13H26N4O.HI/c1-7-8-14-13(17(6)10-11(2)3)15-9-12(18)16(4)5;/h2,7-10H2,1,3-6H3,(H,14,15);1H. The molecule has 1 amide bonds. The zero-order chi connectivity index (χ0) is 14.1. The molecule has 0 rings (SSSR count). The average Bonchev–Trinajstić information content (AvgIpc) is 2.27. The lowest BCUT2D eigenvalue weighted by molar-refractivity contribution is -0.127. The Morgan fingerprint density at radius 1 is 1.32 bits per heavy atom. The Kier molecular flexibility index (Phi) is 12.0. The van der Waals surface area contributed by atoms with Gasteiger partial charge in [-0.15, -0.1) is 24.0 Å². The molecule has 0 aliphatic carbocycles. The van der Waals surface area contributed by atoms with E-state index in [1.807, 2.05) is 18.9 Å². The molecule has 0 saturated heterocycles. The maximum absolute atomic E-state index is 11.5. The normalized spacial score (nSPS) is 10.5. The Morgan fingerprint density at radius 2 is 1.89 bits per heavy atom. The number of carbonyl (C=O) groups excluding carboxylic acids is 1. The van der Waals surface area contributed by atoms with Crippen molar-refractivity contribution < 1.29 is 4.79 Å². The molecule has 0 aromatic heterocycles. The molecule has 6 heteroatoms. The van der Waals surface area contributed by atoms with Crippen molar-refractivity contribution in [2.45, 2.75) is 20.3 Å². The zero-order valence-electron chi connectivity index (χ0n) is 12.7. The quantitative estimate of drug-likeness (QED) is 0.328. The maximum atomic E-state index is 11.5. The Bertz CT molecular complexity index is 316. The molecule has 0 aliphatic heterocycles. The van der Waals surface area contributed by atoms with Crippen LogP contribution in [0, 0.1) is 0 Å². The van der Waals surface area contributed by atoms with Crippen LogP contribution in [-0.2, 0) is 4.79 Å². The van der Waals surface area contributed by atoms with Crippen LogP contribution < -0.4 is 5.32 Å². The van der Waals surface area contributed by atoms with Crippen LogP contribution in [0.3, 0.4) is 0 Å². The third-order valence-electron chi connectivity index (χ3n) is 2.26. The molecule has 0 atom stereocenters. The highest BCUT2D eigenvalue weighted by Gasteiger charge is 2.08. The van der Waals surface area contributed by atoms with Crippen molar-refractivity contribution in [1.82, 2.24) is 15.1 Å². The van der Waals surface area contributed by atoms with Gasteiger partial charge in [0.15, 0.2) is 5.96 Å². The number of amides is 1. The molecule has 0 heterocycles. The number of rotatable bonds is 6. The van der Waals surface area contributed by atoms with Gasteiger partial charge in [-0.25, -0.2) is 4.99 Å². The van der Waals surface area contributed by atoms with E-state index in [9.17, 15) is 4.79 Å². The van der Waals surface area contributed by atoms with Gasteiger partial charge < -0.3 is 15.1 Å². The molecule has 1 N–H and O–H groups in total. The van der Waals surface area contributed by atoms with Crippen LogP contribution in [0.1, 0.15) is 20.3 Å². The highest BCUT2D eigenvalue weighted by molar-refractivity contribution is 14.0. The summed E-state index contributed by atoms with van der Waals surface area (Å²) >= 11 is 0. The molecule has 0 bridgehead atoms. The highest BCUT2D eigenvalue weighted by Crippen LogP contribution is 1.94. The molecule has 19 heavy (non-hydrogen) atoms. The first-order chi connectivity index (χ1) is 8.38. The average molecular weight is 382 g/mol. The van der Waals surface area contributed by atoms with Crippen molar-refractivity contribution in [3.63, 3.8) is 0 Å². The fraction of sp³-hybridized carbons (Fsp3) is 0.692. The van der Waals surface area contributed by atoms with Gasteiger partial charge in [0.25, 0.3) is 0 Å². The molecule has 0 radical (unpaired) electrons. The summed E-state index contributed by atoms with van der Waals surface area (Å²) in [5.74, 6) is 0.740. The third kappa shape index (κ3) is 9.75. The second-order valence-electron chi connectivity index (χ2n) is 4.67. The van der Waals surface area contributed by atoms with Crippen molar-refractivity contribution in [3.8, 4) is 0 Å². The fourth-order valence-electron chi connectivity index (χ4n) is 1.31. The van der Waals surface area contributed by atoms with E-state index >= 15 is 0 Å². The summed E-state index contributed by atoms with van der Waals surface area (Å²) in [7, 11) is 5.40. The summed E-state index contributed by atoms with van der Waals surface area (Å²) in [5.41, 5.74) is 1.06. The van der Waals surface area contributed by atoms with E-state index in [-0.39, 0.29) is 36.4 Å². The van der Waals surface area contributed by atoms with Gasteiger partial charge in [-0.05, 0) is 13.3 Å². The number of nitrogens with zero attached hydrogens (tertiary/aromatic N) is 3. The number of halogens is 1. The molecule has 112 valence electrons. The molecular weight excluding hydrogens is 355 g/mol. The SMILES string of the molecule is C=C(C)CN(C)C(=NCC(=O)N(C)C)NCCC.I. The Labute approximate surface area is 134 Å². The van der Waals surface area contributed by atoms with Gasteiger partial charge in [0, 0.05) is 34.2 Å². The van der Waals surface area contributed by atoms with Crippen molar-refractivity contribution in [2.75, 3.05) is 40.8 Å². The van der Waals surface area contributed by atoms with E-state index in [2.05, 4.69) is 23.8 Å². The minimum absolute atomic E-state index is 0. The molecule has 0 spiro atoms. The number of likely N-dealkylation sites (N-methyl/N-ethyl adjacent to an activating group) is 2. The lowest BCUT2D eigenvalue weighted by Gasteiger charge is -2.22. The van der Waals surface area contributed by atoms with Gasteiger partial charge in [-0.3, -0.25) is 4.79 Å². The van der Waals surface area contributed by atoms with E-state index < -0.39 is 0 Å². The van der Waals surface area contributed by atoms with Gasteiger partial charge in [-0.1, -0.05) is 19.1 Å². The zero-order valence-corrected chi connectivity index (χ0v) is 15.0. The predicted molar refractivity (Wildman–Crippen MR) is 92.1 cm³/mol. The minimum Gasteiger partial charge on any atom is -0.356 e. The van der Waals surface area contributed by atoms with Crippen LogP contribution in [0.15, 0.2) is 17.1 Å². The smallest absolute Gasteiger partial charge is 0.243 e. The molecule has 0 aromatic rings. The Balaban J connectivity index is 0. The molecule has 0 aromatic carbocycles. The largest absolute Gasteiger partial charge is 0.356 e. The molecule has 5 nitrogen and oxygen atoms in total. The molecular formula is C13H27IN4O. The van der Waals surface area contributed by atoms with Crippen molar-refractivity contribution in [3.05, 3.63) is 12.2 Å². The maximum Gasteiger partial charge on any atom is 0.243 e. The lowest BCUT2D eigenvalue weighted by atomic mass is 10.3. The van der Waals surface area contributed by atoms with Crippen LogP contribution in [0.5, 0.6) is 0 Å². The van der Waals surface area contributed by atoms with E-state index in [0.717, 1.165) is 31.0 Å². The predicted octanol–water partition coefficient (Wildman–Crippen LogP) is 1.56. The summed E-state index contributed by atoms with van der Waals surface area (Å²) < 4.78 is 0. The topological polar surface area (TPSA) is 47.9 Å². The minimum atomic E-state index is -0.00507. The van der Waals surface area contributed by atoms with Crippen LogP contribution in [0.2, 0.25) is 0 Å². The molecule has 0 unspecified atom stereocenters. The van der Waals surface area contributed by atoms with Crippen LogP contribution in [-0.4, -0.2) is 62.4 Å². The number of hydrogen-bond donors (Lipinski definition) is 1. The summed E-state index contributed by atoms with van der Waals surface area (Å²) in [4.78, 5) is 19.4. The molecule has 0 saturated carbocycles. The summed E-state index contributed by atoms with van der Waals surface area (Å²) in [5, 5.41) is 3.23. The first kappa shape index (κ1) is 20.5. The van der Waals surface area contributed by atoms with E-state index in [1.54, 1.807) is 19.0 Å². The van der Waals surface area contributed by atoms with Crippen molar-refractivity contribution >= 4 is 35.8 Å². The number of nitrogens with one attached hydrogen (secondary N) is 1. The summed E-state index contributed by atoms with van der Waals surface area (Å²) in [6.45, 7) is 9.68. The second-order valence-corrected chi connectivity index (χ2v) is 4.67. The van der Waals surface area contributed by atoms with Crippen molar-refractivity contribution in [2.24, 2.45) is 4.99 Å². The Hall–Kier alpha value is -0.790. The highest BCUT2D eigenvalue weighted by atomic mass is 127. The first-order valence-electron chi connectivity index (χ1n) is 6.22. The van der Waals surface area contributed by atoms with E-state index in [0.29, 0.717) is 0 Å². The van der Waals surface area contributed by atoms with E-state index in [4.69, 9.17) is 0 Å². The van der Waals surface area contributed by atoms with Crippen LogP contribution >= 0.6 is 24.0 Å². The van der Waals surface area contributed by atoms with Crippen molar-refractivity contribution in [1.29, 1.82) is 0 Å². The number of guanidine groups is 1. The monoisotopic (exact) mass is 382 g/mol. The Morgan fingerprint density at radius 3 is 2.32 bits per heavy atom. The summed E-state index contributed by atoms with van der Waals surface area (Å²) in [6.07, 6.45) is 1.02. The lowest BCUT2D eigenvalue weighted by Crippen LogP contribution is -2.41. The van der Waals surface area contributed by atoms with Gasteiger partial charge in [-0.2, -0.15) is 0 Å². The second kappa shape index (κ2) is 11.1. The van der Waals surface area contributed by atoms with Crippen LogP contribution in [0.4, 0.5) is 0 Å². The molecule has 0 aliphatic rings. The van der Waals surface area contributed by atoms with Gasteiger partial charge >= 0.3 is 0 Å². The number of aliphatic imine (C=N–C) groups is 1. The summed E-state index contributed by atoms with van der Waals surface area (Å²) in [6, 6.07) is 0. The third-order valence-corrected chi connectivity index (χ3v) is 2.26. The van der Waals surface area contributed by atoms with E-state index in [1.165, 1.54) is 0 Å². The fourth-order valence-corrected chi connectivity index (χ4v) is 1.31. The number of carbonyl (C=O) groups is 1. The van der Waals surface area contributed by atoms with Gasteiger partial charge in [0.1, 0.15) is 6.54 Å². The van der Waals surface area contributed by atoms with Gasteiger partial charge in [0.05, 0.1) is 0 Å². The first-order valence-corrected chi connectivity index (χ1v) is 6.22. The van der Waals surface area contributed by atoms with Gasteiger partial charge in [0.2, 0.25) is 5.91 Å². The molecule has 0 fully saturated rings. The number of hydrogen-bond acceptors (Lipinski definition) is 2. The van der Waals surface area contributed by atoms with Crippen LogP contribution in [0.25, 0.3) is 0 Å².